The maximum Gasteiger partial charge on any atom is 0.207 e. The third-order valence-corrected chi connectivity index (χ3v) is 7.04. The van der Waals surface area contributed by atoms with Crippen LogP contribution in [0.4, 0.5) is 5.69 Å². The Balaban J connectivity index is 1.64. The van der Waals surface area contributed by atoms with Crippen molar-refractivity contribution >= 4 is 15.5 Å². The lowest BCUT2D eigenvalue weighted by Crippen LogP contribution is -2.51. The smallest absolute Gasteiger partial charge is 0.207 e. The van der Waals surface area contributed by atoms with Crippen LogP contribution in [0.15, 0.2) is 52.3 Å². The van der Waals surface area contributed by atoms with E-state index < -0.39 is 9.84 Å². The first kappa shape index (κ1) is 12.7. The molecule has 0 aliphatic carbocycles. The Morgan fingerprint density at radius 2 is 1.82 bits per heavy atom. The van der Waals surface area contributed by atoms with Crippen LogP contribution in [-0.4, -0.2) is 34.1 Å². The van der Waals surface area contributed by atoms with Crippen LogP contribution in [0.2, 0.25) is 0 Å². The molecular formula is C17H16N2O2S. The molecule has 0 unspecified atom stereocenters. The fourth-order valence-electron chi connectivity index (χ4n) is 3.86. The molecule has 2 aromatic rings. The van der Waals surface area contributed by atoms with Crippen LogP contribution < -0.4 is 10.2 Å². The van der Waals surface area contributed by atoms with Gasteiger partial charge in [-0.25, -0.2) is 8.42 Å². The van der Waals surface area contributed by atoms with E-state index in [0.717, 1.165) is 42.4 Å². The summed E-state index contributed by atoms with van der Waals surface area (Å²) in [6, 6.07) is 13.7. The molecule has 3 aliphatic rings. The van der Waals surface area contributed by atoms with Crippen molar-refractivity contribution in [3.05, 3.63) is 42.5 Å². The second-order valence-electron chi connectivity index (χ2n) is 6.36. The van der Waals surface area contributed by atoms with Crippen LogP contribution in [0.5, 0.6) is 0 Å². The van der Waals surface area contributed by atoms with E-state index in [-0.39, 0.29) is 0 Å². The van der Waals surface area contributed by atoms with Crippen LogP contribution >= 0.6 is 0 Å². The summed E-state index contributed by atoms with van der Waals surface area (Å²) in [6.45, 7) is 3.17. The van der Waals surface area contributed by atoms with Gasteiger partial charge in [0.2, 0.25) is 9.84 Å². The first-order valence-electron chi connectivity index (χ1n) is 7.61. The maximum absolute atomic E-state index is 12.6. The lowest BCUT2D eigenvalue weighted by atomic mass is 9.96. The predicted molar refractivity (Wildman–Crippen MR) is 84.8 cm³/mol. The summed E-state index contributed by atoms with van der Waals surface area (Å²) >= 11 is 0. The number of sulfone groups is 1. The van der Waals surface area contributed by atoms with E-state index in [0.29, 0.717) is 15.8 Å². The van der Waals surface area contributed by atoms with Gasteiger partial charge in [0.15, 0.2) is 0 Å². The molecule has 112 valence electrons. The lowest BCUT2D eigenvalue weighted by Gasteiger charge is -2.29. The van der Waals surface area contributed by atoms with Crippen LogP contribution in [0.1, 0.15) is 0 Å². The van der Waals surface area contributed by atoms with Crippen molar-refractivity contribution in [2.45, 2.75) is 15.8 Å². The molecule has 5 heteroatoms. The quantitative estimate of drug-likeness (QED) is 0.746. The zero-order chi connectivity index (χ0) is 14.9. The highest BCUT2D eigenvalue weighted by Gasteiger charge is 2.40. The van der Waals surface area contributed by atoms with Crippen LogP contribution in [0.25, 0.3) is 11.1 Å². The summed E-state index contributed by atoms with van der Waals surface area (Å²) in [6.07, 6.45) is 0. The maximum atomic E-state index is 12.6. The number of hydrogen-bond donors (Lipinski definition) is 1. The Morgan fingerprint density at radius 3 is 2.55 bits per heavy atom. The number of anilines is 1. The molecule has 2 fully saturated rings. The first-order chi connectivity index (χ1) is 10.6. The lowest BCUT2D eigenvalue weighted by molar-refractivity contribution is 0.297. The van der Waals surface area contributed by atoms with Gasteiger partial charge in [-0.1, -0.05) is 18.2 Å². The molecule has 0 saturated carbocycles. The minimum atomic E-state index is -3.35. The molecule has 0 bridgehead atoms. The van der Waals surface area contributed by atoms with Gasteiger partial charge in [-0.2, -0.15) is 0 Å². The Morgan fingerprint density at radius 1 is 1.00 bits per heavy atom. The van der Waals surface area contributed by atoms with Gasteiger partial charge in [0.05, 0.1) is 9.79 Å². The van der Waals surface area contributed by atoms with Crippen LogP contribution in [-0.2, 0) is 9.84 Å². The summed E-state index contributed by atoms with van der Waals surface area (Å²) in [7, 11) is -3.35. The average molecular weight is 312 g/mol. The topological polar surface area (TPSA) is 49.4 Å². The monoisotopic (exact) mass is 312 g/mol. The van der Waals surface area contributed by atoms with Crippen molar-refractivity contribution in [3.63, 3.8) is 0 Å². The standard InChI is InChI=1S/C17H16N2O2S/c20-22(21)16-4-2-1-3-13(16)14-7-12(5-6-17(14)22)19-9-11-8-18-15(11)10-19/h1-7,11,15,18H,8-10H2/t11-,15-/m1/s1. The molecule has 2 aromatic carbocycles. The first-order valence-corrected chi connectivity index (χ1v) is 9.10. The highest BCUT2D eigenvalue weighted by molar-refractivity contribution is 7.92. The Labute approximate surface area is 129 Å². The second kappa shape index (κ2) is 4.12. The van der Waals surface area contributed by atoms with E-state index in [1.807, 2.05) is 24.3 Å². The minimum absolute atomic E-state index is 0.435. The van der Waals surface area contributed by atoms with Crippen molar-refractivity contribution in [3.8, 4) is 11.1 Å². The van der Waals surface area contributed by atoms with E-state index in [9.17, 15) is 8.42 Å². The molecule has 22 heavy (non-hydrogen) atoms. The summed E-state index contributed by atoms with van der Waals surface area (Å²) in [4.78, 5) is 3.24. The van der Waals surface area contributed by atoms with Crippen molar-refractivity contribution in [1.29, 1.82) is 0 Å². The number of benzene rings is 2. The number of fused-ring (bicyclic) bond motifs is 4. The normalized spacial score (nSPS) is 27.0. The van der Waals surface area contributed by atoms with Crippen LogP contribution in [0.3, 0.4) is 0 Å². The summed E-state index contributed by atoms with van der Waals surface area (Å²) in [5.41, 5.74) is 2.81. The fraction of sp³-hybridized carbons (Fsp3) is 0.294. The Hall–Kier alpha value is -1.85. The van der Waals surface area contributed by atoms with E-state index in [2.05, 4.69) is 10.2 Å². The zero-order valence-electron chi connectivity index (χ0n) is 12.0. The number of hydrogen-bond acceptors (Lipinski definition) is 4. The van der Waals surface area contributed by atoms with Crippen molar-refractivity contribution in [2.75, 3.05) is 24.5 Å². The van der Waals surface area contributed by atoms with Gasteiger partial charge in [-0.05, 0) is 24.3 Å². The largest absolute Gasteiger partial charge is 0.370 e. The summed E-state index contributed by atoms with van der Waals surface area (Å²) in [5.74, 6) is 0.740. The van der Waals surface area contributed by atoms with E-state index in [1.165, 1.54) is 0 Å². The Bertz CT molecular complexity index is 879. The molecule has 0 aromatic heterocycles. The minimum Gasteiger partial charge on any atom is -0.370 e. The van der Waals surface area contributed by atoms with Gasteiger partial charge in [-0.3, -0.25) is 0 Å². The van der Waals surface area contributed by atoms with Gasteiger partial charge in [0.1, 0.15) is 0 Å². The van der Waals surface area contributed by atoms with E-state index in [1.54, 1.807) is 18.2 Å². The number of rotatable bonds is 1. The number of nitrogens with zero attached hydrogens (tertiary/aromatic N) is 1. The average Bonchev–Trinajstić information content (AvgIpc) is 2.93. The number of nitrogens with one attached hydrogen (secondary N) is 1. The molecule has 0 amide bonds. The molecule has 4 nitrogen and oxygen atoms in total. The van der Waals surface area contributed by atoms with Crippen LogP contribution in [0, 0.1) is 5.92 Å². The predicted octanol–water partition coefficient (Wildman–Crippen LogP) is 1.91. The van der Waals surface area contributed by atoms with Gasteiger partial charge in [0.25, 0.3) is 0 Å². The fourth-order valence-corrected chi connectivity index (χ4v) is 5.53. The van der Waals surface area contributed by atoms with Gasteiger partial charge in [0, 0.05) is 48.4 Å². The van der Waals surface area contributed by atoms with E-state index in [4.69, 9.17) is 0 Å². The van der Waals surface area contributed by atoms with Gasteiger partial charge >= 0.3 is 0 Å². The molecular weight excluding hydrogens is 296 g/mol. The van der Waals surface area contributed by atoms with Crippen molar-refractivity contribution in [2.24, 2.45) is 5.92 Å². The molecule has 0 radical (unpaired) electrons. The highest BCUT2D eigenvalue weighted by Crippen LogP contribution is 2.44. The summed E-state index contributed by atoms with van der Waals surface area (Å²) in [5, 5.41) is 3.45. The second-order valence-corrected chi connectivity index (χ2v) is 8.25. The zero-order valence-corrected chi connectivity index (χ0v) is 12.8. The van der Waals surface area contributed by atoms with Gasteiger partial charge < -0.3 is 10.2 Å². The van der Waals surface area contributed by atoms with E-state index >= 15 is 0 Å². The SMILES string of the molecule is O=S1(=O)c2ccccc2-c2cc(N3C[C@H]4CN[C@@H]4C3)ccc21. The third-order valence-electron chi connectivity index (χ3n) is 5.17. The van der Waals surface area contributed by atoms with Crippen molar-refractivity contribution in [1.82, 2.24) is 5.32 Å². The molecule has 3 heterocycles. The molecule has 2 atom stereocenters. The highest BCUT2D eigenvalue weighted by atomic mass is 32.2. The molecule has 2 saturated heterocycles. The molecule has 3 aliphatic heterocycles. The summed E-state index contributed by atoms with van der Waals surface area (Å²) < 4.78 is 25.2. The molecule has 0 spiro atoms. The molecule has 5 rings (SSSR count). The molecule has 1 N–H and O–H groups in total. The third kappa shape index (κ3) is 1.53. The van der Waals surface area contributed by atoms with Crippen molar-refractivity contribution < 1.29 is 8.42 Å². The Kier molecular flexibility index (Phi) is 2.37. The van der Waals surface area contributed by atoms with Gasteiger partial charge in [-0.15, -0.1) is 0 Å².